The summed E-state index contributed by atoms with van der Waals surface area (Å²) in [6, 6.07) is 11.3. The van der Waals surface area contributed by atoms with E-state index in [1.807, 2.05) is 44.2 Å². The van der Waals surface area contributed by atoms with E-state index in [-0.39, 0.29) is 5.91 Å². The Hall–Kier alpha value is -3.15. The average Bonchev–Trinajstić information content (AvgIpc) is 2.74. The molecule has 0 unspecified atom stereocenters. The first kappa shape index (κ1) is 22.1. The van der Waals surface area contributed by atoms with Crippen molar-refractivity contribution < 1.29 is 23.7 Å². The van der Waals surface area contributed by atoms with Crippen LogP contribution < -0.4 is 24.3 Å². The molecule has 0 spiro atoms. The molecule has 0 fully saturated rings. The van der Waals surface area contributed by atoms with Crippen LogP contribution in [0, 0.1) is 0 Å². The van der Waals surface area contributed by atoms with Gasteiger partial charge in [0.1, 0.15) is 11.5 Å². The Bertz CT molecular complexity index is 832. The van der Waals surface area contributed by atoms with Gasteiger partial charge in [0.25, 0.3) is 0 Å². The fourth-order valence-electron chi connectivity index (χ4n) is 2.76. The highest BCUT2D eigenvalue weighted by Crippen LogP contribution is 2.28. The van der Waals surface area contributed by atoms with Gasteiger partial charge >= 0.3 is 0 Å². The lowest BCUT2D eigenvalue weighted by Crippen LogP contribution is -2.23. The predicted molar refractivity (Wildman–Crippen MR) is 114 cm³/mol. The van der Waals surface area contributed by atoms with Crippen LogP contribution in [0.5, 0.6) is 23.0 Å². The van der Waals surface area contributed by atoms with Crippen molar-refractivity contribution in [2.45, 2.75) is 20.3 Å². The van der Waals surface area contributed by atoms with Crippen molar-refractivity contribution in [3.63, 3.8) is 0 Å². The second kappa shape index (κ2) is 11.6. The number of benzene rings is 2. The van der Waals surface area contributed by atoms with Crippen molar-refractivity contribution in [2.75, 3.05) is 34.0 Å². The molecule has 0 aliphatic heterocycles. The van der Waals surface area contributed by atoms with E-state index in [9.17, 15) is 4.79 Å². The molecular formula is C23H29NO5. The lowest BCUT2D eigenvalue weighted by molar-refractivity contribution is -0.116. The third-order valence-electron chi connectivity index (χ3n) is 4.18. The minimum absolute atomic E-state index is 0.168. The molecule has 0 radical (unpaired) electrons. The fraction of sp³-hybridized carbons (Fsp3) is 0.348. The second-order valence-electron chi connectivity index (χ2n) is 6.13. The third-order valence-corrected chi connectivity index (χ3v) is 4.18. The molecule has 0 heterocycles. The smallest absolute Gasteiger partial charge is 0.244 e. The van der Waals surface area contributed by atoms with Crippen LogP contribution in [0.25, 0.3) is 6.08 Å². The molecule has 0 aliphatic carbocycles. The maximum atomic E-state index is 12.1. The number of carbonyl (C=O) groups is 1. The van der Waals surface area contributed by atoms with Gasteiger partial charge in [-0.3, -0.25) is 4.79 Å². The van der Waals surface area contributed by atoms with Crippen molar-refractivity contribution in [2.24, 2.45) is 0 Å². The minimum Gasteiger partial charge on any atom is -0.497 e. The SMILES string of the molecule is CCOc1ccc(CCNC(=O)/C=C\c2ccc(OC)cc2OC)cc1OCC. The molecule has 2 rings (SSSR count). The first-order chi connectivity index (χ1) is 14.1. The van der Waals surface area contributed by atoms with Gasteiger partial charge < -0.3 is 24.3 Å². The lowest BCUT2D eigenvalue weighted by atomic mass is 10.1. The standard InChI is InChI=1S/C23H29NO5/c1-5-28-20-11-7-17(15-22(20)29-6-2)13-14-24-23(25)12-9-18-8-10-19(26-3)16-21(18)27-4/h7-12,15-16H,5-6,13-14H2,1-4H3,(H,24,25)/b12-9-. The van der Waals surface area contributed by atoms with Gasteiger partial charge in [-0.15, -0.1) is 0 Å². The zero-order valence-electron chi connectivity index (χ0n) is 17.5. The molecule has 0 bridgehead atoms. The van der Waals surface area contributed by atoms with Gasteiger partial charge in [-0.2, -0.15) is 0 Å². The summed E-state index contributed by atoms with van der Waals surface area (Å²) in [5, 5.41) is 2.89. The highest BCUT2D eigenvalue weighted by molar-refractivity contribution is 5.92. The number of amides is 1. The molecule has 2 aromatic rings. The molecule has 29 heavy (non-hydrogen) atoms. The molecule has 0 aromatic heterocycles. The van der Waals surface area contributed by atoms with E-state index in [0.717, 1.165) is 22.6 Å². The summed E-state index contributed by atoms with van der Waals surface area (Å²) in [4.78, 5) is 12.1. The second-order valence-corrected chi connectivity index (χ2v) is 6.13. The van der Waals surface area contributed by atoms with E-state index in [1.54, 1.807) is 26.4 Å². The predicted octanol–water partition coefficient (Wildman–Crippen LogP) is 3.87. The van der Waals surface area contributed by atoms with Crippen molar-refractivity contribution in [3.8, 4) is 23.0 Å². The Kier molecular flexibility index (Phi) is 8.89. The van der Waals surface area contributed by atoms with Crippen molar-refractivity contribution in [1.29, 1.82) is 0 Å². The molecule has 1 amide bonds. The molecule has 156 valence electrons. The number of rotatable bonds is 11. The molecule has 0 aliphatic rings. The highest BCUT2D eigenvalue weighted by Gasteiger charge is 2.07. The van der Waals surface area contributed by atoms with Crippen LogP contribution in [-0.4, -0.2) is 39.9 Å². The van der Waals surface area contributed by atoms with Gasteiger partial charge in [-0.1, -0.05) is 6.07 Å². The van der Waals surface area contributed by atoms with Crippen LogP contribution in [0.2, 0.25) is 0 Å². The number of hydrogen-bond acceptors (Lipinski definition) is 5. The third kappa shape index (κ3) is 6.75. The maximum Gasteiger partial charge on any atom is 0.244 e. The summed E-state index contributed by atoms with van der Waals surface area (Å²) in [5.41, 5.74) is 1.87. The minimum atomic E-state index is -0.168. The number of nitrogens with one attached hydrogen (secondary N) is 1. The number of carbonyl (C=O) groups excluding carboxylic acids is 1. The van der Waals surface area contributed by atoms with Gasteiger partial charge in [0.15, 0.2) is 11.5 Å². The number of ether oxygens (including phenoxy) is 4. The van der Waals surface area contributed by atoms with Gasteiger partial charge in [0, 0.05) is 24.3 Å². The molecule has 0 atom stereocenters. The summed E-state index contributed by atoms with van der Waals surface area (Å²) in [6.45, 7) is 5.55. The molecule has 1 N–H and O–H groups in total. The molecule has 0 saturated heterocycles. The molecule has 0 saturated carbocycles. The Morgan fingerprint density at radius 1 is 0.931 bits per heavy atom. The lowest BCUT2D eigenvalue weighted by Gasteiger charge is -2.12. The van der Waals surface area contributed by atoms with Crippen molar-refractivity contribution in [1.82, 2.24) is 5.32 Å². The average molecular weight is 399 g/mol. The monoisotopic (exact) mass is 399 g/mol. The zero-order chi connectivity index (χ0) is 21.1. The Balaban J connectivity index is 1.91. The summed E-state index contributed by atoms with van der Waals surface area (Å²) in [7, 11) is 3.18. The van der Waals surface area contributed by atoms with Crippen LogP contribution in [-0.2, 0) is 11.2 Å². The normalized spacial score (nSPS) is 10.6. The van der Waals surface area contributed by atoms with Crippen LogP contribution in [0.4, 0.5) is 0 Å². The number of hydrogen-bond donors (Lipinski definition) is 1. The largest absolute Gasteiger partial charge is 0.497 e. The zero-order valence-corrected chi connectivity index (χ0v) is 17.5. The van der Waals surface area contributed by atoms with E-state index in [1.165, 1.54) is 6.08 Å². The van der Waals surface area contributed by atoms with E-state index in [0.29, 0.717) is 37.7 Å². The summed E-state index contributed by atoms with van der Waals surface area (Å²) < 4.78 is 21.7. The van der Waals surface area contributed by atoms with E-state index in [4.69, 9.17) is 18.9 Å². The summed E-state index contributed by atoms with van der Waals surface area (Å²) in [5.74, 6) is 2.64. The summed E-state index contributed by atoms with van der Waals surface area (Å²) >= 11 is 0. The molecule has 6 nitrogen and oxygen atoms in total. The Morgan fingerprint density at radius 2 is 1.69 bits per heavy atom. The van der Waals surface area contributed by atoms with E-state index < -0.39 is 0 Å². The maximum absolute atomic E-state index is 12.1. The quantitative estimate of drug-likeness (QED) is 0.581. The highest BCUT2D eigenvalue weighted by atomic mass is 16.5. The van der Waals surface area contributed by atoms with Crippen LogP contribution in [0.1, 0.15) is 25.0 Å². The van der Waals surface area contributed by atoms with Crippen LogP contribution >= 0.6 is 0 Å². The number of methoxy groups -OCH3 is 2. The topological polar surface area (TPSA) is 66.0 Å². The first-order valence-electron chi connectivity index (χ1n) is 9.67. The fourth-order valence-corrected chi connectivity index (χ4v) is 2.76. The van der Waals surface area contributed by atoms with E-state index in [2.05, 4.69) is 5.32 Å². The van der Waals surface area contributed by atoms with Gasteiger partial charge in [-0.05, 0) is 56.2 Å². The van der Waals surface area contributed by atoms with Crippen molar-refractivity contribution in [3.05, 3.63) is 53.6 Å². The van der Waals surface area contributed by atoms with Crippen molar-refractivity contribution >= 4 is 12.0 Å². The Morgan fingerprint density at radius 3 is 2.38 bits per heavy atom. The Labute approximate surface area is 172 Å². The van der Waals surface area contributed by atoms with Gasteiger partial charge in [-0.25, -0.2) is 0 Å². The summed E-state index contributed by atoms with van der Waals surface area (Å²) in [6.07, 6.45) is 3.91. The van der Waals surface area contributed by atoms with Crippen LogP contribution in [0.3, 0.4) is 0 Å². The molecule has 6 heteroatoms. The van der Waals surface area contributed by atoms with E-state index >= 15 is 0 Å². The molecular weight excluding hydrogens is 370 g/mol. The van der Waals surface area contributed by atoms with Gasteiger partial charge in [0.05, 0.1) is 27.4 Å². The molecule has 2 aromatic carbocycles. The first-order valence-corrected chi connectivity index (χ1v) is 9.67. The van der Waals surface area contributed by atoms with Gasteiger partial charge in [0.2, 0.25) is 5.91 Å². The van der Waals surface area contributed by atoms with Crippen LogP contribution in [0.15, 0.2) is 42.5 Å².